The molecule has 2 aliphatic rings. The maximum absolute atomic E-state index is 11.8. The normalized spacial score (nSPS) is 20.0. The molecule has 0 spiro atoms. The number of aromatic nitrogens is 1. The van der Waals surface area contributed by atoms with Gasteiger partial charge < -0.3 is 20.7 Å². The molecule has 0 radical (unpaired) electrons. The minimum Gasteiger partial charge on any atom is -0.479 e. The van der Waals surface area contributed by atoms with Crippen LogP contribution in [0.5, 0.6) is 0 Å². The molecule has 6 nitrogen and oxygen atoms in total. The Labute approximate surface area is 167 Å². The lowest BCUT2D eigenvalue weighted by atomic mass is 9.89. The molecule has 0 bridgehead atoms. The highest BCUT2D eigenvalue weighted by Gasteiger charge is 2.43. The van der Waals surface area contributed by atoms with Crippen LogP contribution in [0.25, 0.3) is 0 Å². The van der Waals surface area contributed by atoms with Crippen LogP contribution >= 0.6 is 0 Å². The molecule has 0 aromatic carbocycles. The minimum atomic E-state index is -2.09. The van der Waals surface area contributed by atoms with Crippen LogP contribution in [0.2, 0.25) is 0 Å². The van der Waals surface area contributed by atoms with E-state index in [1.165, 1.54) is 37.7 Å². The quantitative estimate of drug-likeness (QED) is 0.447. The van der Waals surface area contributed by atoms with Gasteiger partial charge in [-0.15, -0.1) is 0 Å². The van der Waals surface area contributed by atoms with Crippen molar-refractivity contribution in [2.24, 2.45) is 17.6 Å². The van der Waals surface area contributed by atoms with Gasteiger partial charge in [0.1, 0.15) is 0 Å². The molecule has 1 aromatic heterocycles. The summed E-state index contributed by atoms with van der Waals surface area (Å²) in [7, 11) is 0. The molecule has 156 valence electrons. The molecule has 28 heavy (non-hydrogen) atoms. The fourth-order valence-corrected chi connectivity index (χ4v) is 3.61. The molecule has 0 aliphatic heterocycles. The van der Waals surface area contributed by atoms with Crippen LogP contribution in [0.1, 0.15) is 61.8 Å². The van der Waals surface area contributed by atoms with Crippen molar-refractivity contribution in [2.75, 3.05) is 13.2 Å². The molecule has 1 aromatic rings. The zero-order valence-electron chi connectivity index (χ0n) is 16.9. The molecule has 1 heterocycles. The summed E-state index contributed by atoms with van der Waals surface area (Å²) in [6, 6.07) is 0.919. The van der Waals surface area contributed by atoms with Gasteiger partial charge >= 0.3 is 5.97 Å². The Kier molecular flexibility index (Phi) is 7.07. The van der Waals surface area contributed by atoms with Crippen molar-refractivity contribution >= 4 is 5.97 Å². The number of carbonyl (C=O) groups is 1. The average Bonchev–Trinajstić information content (AvgIpc) is 3.56. The van der Waals surface area contributed by atoms with Gasteiger partial charge in [0.25, 0.3) is 0 Å². The summed E-state index contributed by atoms with van der Waals surface area (Å²) >= 11 is 0. The second-order valence-electron chi connectivity index (χ2n) is 8.76. The van der Waals surface area contributed by atoms with Gasteiger partial charge in [-0.3, -0.25) is 4.98 Å². The van der Waals surface area contributed by atoms with Crippen molar-refractivity contribution in [3.8, 4) is 0 Å². The molecule has 2 fully saturated rings. The van der Waals surface area contributed by atoms with Crippen LogP contribution in [0.3, 0.4) is 0 Å². The van der Waals surface area contributed by atoms with E-state index in [0.717, 1.165) is 36.7 Å². The Morgan fingerprint density at radius 2 is 2.00 bits per heavy atom. The second-order valence-corrected chi connectivity index (χ2v) is 8.76. The van der Waals surface area contributed by atoms with Crippen molar-refractivity contribution in [3.05, 3.63) is 29.1 Å². The summed E-state index contributed by atoms with van der Waals surface area (Å²) in [5.41, 5.74) is 6.79. The van der Waals surface area contributed by atoms with E-state index in [1.54, 1.807) is 6.20 Å². The number of rotatable bonds is 13. The van der Waals surface area contributed by atoms with Crippen LogP contribution < -0.4 is 5.73 Å². The first-order valence-electron chi connectivity index (χ1n) is 10.6. The predicted molar refractivity (Wildman–Crippen MR) is 107 cm³/mol. The van der Waals surface area contributed by atoms with Gasteiger partial charge in [0.05, 0.1) is 12.6 Å². The highest BCUT2D eigenvalue weighted by Crippen LogP contribution is 2.34. The van der Waals surface area contributed by atoms with E-state index in [1.807, 2.05) is 13.0 Å². The van der Waals surface area contributed by atoms with Crippen LogP contribution in [0.4, 0.5) is 0 Å². The number of hydrogen-bond donors (Lipinski definition) is 3. The van der Waals surface area contributed by atoms with E-state index in [9.17, 15) is 15.0 Å². The van der Waals surface area contributed by atoms with Gasteiger partial charge in [0.2, 0.25) is 0 Å². The van der Waals surface area contributed by atoms with Crippen molar-refractivity contribution in [1.82, 2.24) is 4.98 Å². The molecular weight excluding hydrogens is 356 g/mol. The number of pyridine rings is 1. The van der Waals surface area contributed by atoms with E-state index < -0.39 is 17.6 Å². The van der Waals surface area contributed by atoms with Gasteiger partial charge in [0.15, 0.2) is 5.60 Å². The van der Waals surface area contributed by atoms with Gasteiger partial charge in [-0.25, -0.2) is 4.79 Å². The maximum Gasteiger partial charge on any atom is 0.337 e. The third-order valence-corrected chi connectivity index (χ3v) is 6.13. The molecular formula is C22H34N2O4. The van der Waals surface area contributed by atoms with Gasteiger partial charge in [-0.05, 0) is 55.2 Å². The number of nitrogens with two attached hydrogens (primary N) is 1. The standard InChI is InChI=1S/C22H34N2O4/c1-15-13-24-19(11-18(15)4-2-3-16-5-6-16)12-22(27,21(25)26)20(23)14-28-10-9-17-7-8-17/h11,13,16-17,20,27H,2-10,12,14,23H2,1H3,(H,25,26). The zero-order chi connectivity index (χ0) is 20.1. The van der Waals surface area contributed by atoms with E-state index in [2.05, 4.69) is 4.98 Å². The van der Waals surface area contributed by atoms with E-state index >= 15 is 0 Å². The summed E-state index contributed by atoms with van der Waals surface area (Å²) in [6.07, 6.45) is 11.2. The van der Waals surface area contributed by atoms with E-state index in [-0.39, 0.29) is 13.0 Å². The van der Waals surface area contributed by atoms with Crippen LogP contribution in [-0.4, -0.2) is 46.0 Å². The molecule has 2 atom stereocenters. The number of carboxylic acids is 1. The molecule has 2 unspecified atom stereocenters. The fourth-order valence-electron chi connectivity index (χ4n) is 3.61. The first-order chi connectivity index (χ1) is 13.4. The fraction of sp³-hybridized carbons (Fsp3) is 0.727. The zero-order valence-corrected chi connectivity index (χ0v) is 16.9. The van der Waals surface area contributed by atoms with Gasteiger partial charge in [-0.2, -0.15) is 0 Å². The summed E-state index contributed by atoms with van der Waals surface area (Å²) in [5, 5.41) is 20.4. The number of nitrogens with zero attached hydrogens (tertiary/aromatic N) is 1. The van der Waals surface area contributed by atoms with Gasteiger partial charge in [-0.1, -0.05) is 32.1 Å². The lowest BCUT2D eigenvalue weighted by Gasteiger charge is -2.29. The number of hydrogen-bond acceptors (Lipinski definition) is 5. The lowest BCUT2D eigenvalue weighted by Crippen LogP contribution is -2.57. The molecule has 6 heteroatoms. The molecule has 2 aliphatic carbocycles. The van der Waals surface area contributed by atoms with Crippen LogP contribution in [0.15, 0.2) is 12.3 Å². The first-order valence-corrected chi connectivity index (χ1v) is 10.6. The Morgan fingerprint density at radius 1 is 1.32 bits per heavy atom. The van der Waals surface area contributed by atoms with Crippen molar-refractivity contribution in [3.63, 3.8) is 0 Å². The largest absolute Gasteiger partial charge is 0.479 e. The molecule has 2 saturated carbocycles. The summed E-state index contributed by atoms with van der Waals surface area (Å²) in [6.45, 7) is 2.60. The van der Waals surface area contributed by atoms with Crippen molar-refractivity contribution in [2.45, 2.75) is 76.4 Å². The maximum atomic E-state index is 11.8. The first kappa shape index (κ1) is 21.2. The second kappa shape index (κ2) is 9.33. The highest BCUT2D eigenvalue weighted by molar-refractivity contribution is 5.78. The average molecular weight is 391 g/mol. The molecule has 3 rings (SSSR count). The topological polar surface area (TPSA) is 106 Å². The Morgan fingerprint density at radius 3 is 2.64 bits per heavy atom. The third-order valence-electron chi connectivity index (χ3n) is 6.13. The van der Waals surface area contributed by atoms with Crippen LogP contribution in [-0.2, 0) is 22.4 Å². The molecule has 0 amide bonds. The molecule has 4 N–H and O–H groups in total. The Hall–Kier alpha value is -1.50. The van der Waals surface area contributed by atoms with Crippen molar-refractivity contribution in [1.29, 1.82) is 0 Å². The summed E-state index contributed by atoms with van der Waals surface area (Å²) < 4.78 is 5.54. The number of aryl methyl sites for hydroxylation is 2. The van der Waals surface area contributed by atoms with Gasteiger partial charge in [0, 0.05) is 24.9 Å². The smallest absolute Gasteiger partial charge is 0.337 e. The predicted octanol–water partition coefficient (Wildman–Crippen LogP) is 2.62. The monoisotopic (exact) mass is 390 g/mol. The number of aliphatic carboxylic acids is 1. The van der Waals surface area contributed by atoms with E-state index in [0.29, 0.717) is 12.3 Å². The SMILES string of the molecule is Cc1cnc(CC(O)(C(=O)O)C(N)COCCC2CC2)cc1CCCC1CC1. The summed E-state index contributed by atoms with van der Waals surface area (Å²) in [4.78, 5) is 16.2. The number of aliphatic hydroxyl groups is 1. The Balaban J connectivity index is 1.58. The number of carboxylic acid groups (broad SMARTS) is 1. The van der Waals surface area contributed by atoms with Crippen LogP contribution in [0, 0.1) is 18.8 Å². The van der Waals surface area contributed by atoms with E-state index in [4.69, 9.17) is 10.5 Å². The number of ether oxygens (including phenoxy) is 1. The highest BCUT2D eigenvalue weighted by atomic mass is 16.5. The minimum absolute atomic E-state index is 0.0234. The Bertz CT molecular complexity index is 673. The summed E-state index contributed by atoms with van der Waals surface area (Å²) in [5.74, 6) is 0.310. The third kappa shape index (κ3) is 6.00. The lowest BCUT2D eigenvalue weighted by molar-refractivity contribution is -0.162. The van der Waals surface area contributed by atoms with Crippen molar-refractivity contribution < 1.29 is 19.7 Å². The molecule has 0 saturated heterocycles.